The number of guanidine groups is 1. The molecule has 0 aromatic carbocycles. The highest BCUT2D eigenvalue weighted by atomic mass is 32.2. The van der Waals surface area contributed by atoms with Crippen molar-refractivity contribution in [2.45, 2.75) is 57.0 Å². The Hall–Kier alpha value is -1.35. The van der Waals surface area contributed by atoms with Crippen LogP contribution in [0.1, 0.15) is 44.9 Å². The summed E-state index contributed by atoms with van der Waals surface area (Å²) in [7, 11) is 0.229. The summed E-state index contributed by atoms with van der Waals surface area (Å²) < 4.78 is 25.4. The molecule has 9 heteroatoms. The first-order chi connectivity index (χ1) is 12.3. The molecule has 0 radical (unpaired) electrons. The van der Waals surface area contributed by atoms with Gasteiger partial charge in [-0.25, -0.2) is 13.4 Å². The van der Waals surface area contributed by atoms with Gasteiger partial charge in [-0.2, -0.15) is 4.31 Å². The maximum Gasteiger partial charge on any atom is 0.243 e. The maximum absolute atomic E-state index is 11.9. The van der Waals surface area contributed by atoms with Crippen LogP contribution in [0, 0.1) is 0 Å². The van der Waals surface area contributed by atoms with Crippen molar-refractivity contribution in [3.05, 3.63) is 0 Å². The van der Waals surface area contributed by atoms with Crippen LogP contribution in [0.3, 0.4) is 0 Å². The van der Waals surface area contributed by atoms with Gasteiger partial charge in [-0.05, 0) is 25.7 Å². The quantitative estimate of drug-likeness (QED) is 0.507. The van der Waals surface area contributed by atoms with Crippen molar-refractivity contribution in [1.82, 2.24) is 19.8 Å². The van der Waals surface area contributed by atoms with Gasteiger partial charge in [0.2, 0.25) is 15.9 Å². The van der Waals surface area contributed by atoms with E-state index in [2.05, 4.69) is 15.6 Å². The zero-order valence-corrected chi connectivity index (χ0v) is 17.0. The van der Waals surface area contributed by atoms with Crippen LogP contribution >= 0.6 is 0 Å². The van der Waals surface area contributed by atoms with Gasteiger partial charge >= 0.3 is 0 Å². The van der Waals surface area contributed by atoms with E-state index in [1.807, 2.05) is 0 Å². The highest BCUT2D eigenvalue weighted by Gasteiger charge is 2.31. The Morgan fingerprint density at radius 2 is 1.85 bits per heavy atom. The highest BCUT2D eigenvalue weighted by Crippen LogP contribution is 2.20. The molecule has 0 aromatic rings. The molecule has 8 nitrogen and oxygen atoms in total. The normalized spacial score (nSPS) is 23.0. The van der Waals surface area contributed by atoms with Crippen LogP contribution in [-0.2, 0) is 14.8 Å². The molecule has 2 N–H and O–H groups in total. The molecule has 1 amide bonds. The van der Waals surface area contributed by atoms with Gasteiger partial charge in [0.1, 0.15) is 6.54 Å². The van der Waals surface area contributed by atoms with Crippen molar-refractivity contribution in [3.8, 4) is 0 Å². The topological polar surface area (TPSA) is 94.1 Å². The fraction of sp³-hybridized carbons (Fsp3) is 0.882. The predicted molar refractivity (Wildman–Crippen MR) is 104 cm³/mol. The van der Waals surface area contributed by atoms with Crippen LogP contribution < -0.4 is 10.6 Å². The number of nitrogens with zero attached hydrogens (tertiary/aromatic N) is 3. The Labute approximate surface area is 157 Å². The lowest BCUT2D eigenvalue weighted by atomic mass is 9.96. The second kappa shape index (κ2) is 9.55. The molecule has 0 unspecified atom stereocenters. The van der Waals surface area contributed by atoms with Crippen molar-refractivity contribution in [2.75, 3.05) is 40.0 Å². The number of carbonyl (C=O) groups excluding carboxylic acids is 1. The van der Waals surface area contributed by atoms with Crippen LogP contribution in [0.2, 0.25) is 0 Å². The Morgan fingerprint density at radius 1 is 1.15 bits per heavy atom. The molecular weight excluding hydrogens is 354 g/mol. The number of carbonyl (C=O) groups is 1. The average molecular weight is 388 g/mol. The van der Waals surface area contributed by atoms with Crippen LogP contribution in [0.25, 0.3) is 0 Å². The molecule has 1 aliphatic carbocycles. The molecule has 1 atom stereocenters. The standard InChI is InChI=1S/C17H33N5O3S/c1-21(2)16(23)13-19-17(20-14-8-5-4-6-9-14)18-12-15-10-7-11-22(15)26(3,24)25/h14-15H,4-13H2,1-3H3,(H2,18,19,20)/t15-/m1/s1. The molecule has 1 aliphatic heterocycles. The molecule has 2 rings (SSSR count). The first-order valence-corrected chi connectivity index (χ1v) is 11.3. The first kappa shape index (κ1) is 21.0. The minimum atomic E-state index is -3.19. The SMILES string of the molecule is CN(C)C(=O)CN=C(NC[C@H]1CCCN1S(C)(=O)=O)NC1CCCCC1. The number of hydrogen-bond donors (Lipinski definition) is 2. The molecule has 0 bridgehead atoms. The molecule has 150 valence electrons. The molecular formula is C17H33N5O3S. The Morgan fingerprint density at radius 3 is 2.46 bits per heavy atom. The number of sulfonamides is 1. The van der Waals surface area contributed by atoms with E-state index in [4.69, 9.17) is 0 Å². The van der Waals surface area contributed by atoms with Gasteiger partial charge in [-0.15, -0.1) is 0 Å². The van der Waals surface area contributed by atoms with Crippen LogP contribution in [0.4, 0.5) is 0 Å². The Bertz CT molecular complexity index is 600. The van der Waals surface area contributed by atoms with Gasteiger partial charge in [-0.3, -0.25) is 4.79 Å². The van der Waals surface area contributed by atoms with Crippen molar-refractivity contribution in [2.24, 2.45) is 4.99 Å². The summed E-state index contributed by atoms with van der Waals surface area (Å²) in [5, 5.41) is 6.70. The van der Waals surface area contributed by atoms with E-state index in [1.165, 1.54) is 30.4 Å². The number of aliphatic imine (C=N–C) groups is 1. The summed E-state index contributed by atoms with van der Waals surface area (Å²) in [6, 6.07) is 0.298. The van der Waals surface area contributed by atoms with Crippen LogP contribution in [0.5, 0.6) is 0 Å². The van der Waals surface area contributed by atoms with Crippen molar-refractivity contribution in [3.63, 3.8) is 0 Å². The number of rotatable bonds is 6. The third-order valence-electron chi connectivity index (χ3n) is 5.07. The van der Waals surface area contributed by atoms with Gasteiger partial charge in [0.05, 0.1) is 6.26 Å². The molecule has 2 aliphatic rings. The van der Waals surface area contributed by atoms with E-state index in [0.29, 0.717) is 25.1 Å². The third-order valence-corrected chi connectivity index (χ3v) is 6.40. The zero-order chi connectivity index (χ0) is 19.2. The molecule has 0 aromatic heterocycles. The van der Waals surface area contributed by atoms with Crippen molar-refractivity contribution < 1.29 is 13.2 Å². The van der Waals surface area contributed by atoms with E-state index in [-0.39, 0.29) is 18.5 Å². The first-order valence-electron chi connectivity index (χ1n) is 9.49. The molecule has 0 spiro atoms. The van der Waals surface area contributed by atoms with E-state index >= 15 is 0 Å². The van der Waals surface area contributed by atoms with Gasteiger partial charge < -0.3 is 15.5 Å². The van der Waals surface area contributed by atoms with Gasteiger partial charge in [0.25, 0.3) is 0 Å². The van der Waals surface area contributed by atoms with Crippen LogP contribution in [-0.4, -0.2) is 81.6 Å². The summed E-state index contributed by atoms with van der Waals surface area (Å²) in [6.07, 6.45) is 8.84. The second-order valence-electron chi connectivity index (χ2n) is 7.48. The monoisotopic (exact) mass is 387 g/mol. The number of nitrogens with one attached hydrogen (secondary N) is 2. The molecule has 1 saturated carbocycles. The van der Waals surface area contributed by atoms with E-state index in [0.717, 1.165) is 25.7 Å². The fourth-order valence-electron chi connectivity index (χ4n) is 3.55. The summed E-state index contributed by atoms with van der Waals surface area (Å²) >= 11 is 0. The zero-order valence-electron chi connectivity index (χ0n) is 16.2. The summed E-state index contributed by atoms with van der Waals surface area (Å²) in [4.78, 5) is 17.8. The van der Waals surface area contributed by atoms with Crippen molar-refractivity contribution in [1.29, 1.82) is 0 Å². The minimum absolute atomic E-state index is 0.0617. The summed E-state index contributed by atoms with van der Waals surface area (Å²) in [5.74, 6) is 0.542. The highest BCUT2D eigenvalue weighted by molar-refractivity contribution is 7.88. The number of likely N-dealkylation sites (N-methyl/N-ethyl adjacent to an activating group) is 1. The molecule has 26 heavy (non-hydrogen) atoms. The summed E-state index contributed by atoms with van der Waals surface area (Å²) in [5.41, 5.74) is 0. The number of hydrogen-bond acceptors (Lipinski definition) is 4. The fourth-order valence-corrected chi connectivity index (χ4v) is 4.73. The van der Waals surface area contributed by atoms with Gasteiger partial charge in [-0.1, -0.05) is 19.3 Å². The lowest BCUT2D eigenvalue weighted by molar-refractivity contribution is -0.127. The van der Waals surface area contributed by atoms with E-state index in [1.54, 1.807) is 18.4 Å². The lowest BCUT2D eigenvalue weighted by Gasteiger charge is -2.27. The number of amides is 1. The van der Waals surface area contributed by atoms with Gasteiger partial charge in [0, 0.05) is 39.3 Å². The minimum Gasteiger partial charge on any atom is -0.355 e. The van der Waals surface area contributed by atoms with Crippen LogP contribution in [0.15, 0.2) is 4.99 Å². The Balaban J connectivity index is 1.98. The molecule has 2 fully saturated rings. The largest absolute Gasteiger partial charge is 0.355 e. The molecule has 1 saturated heterocycles. The molecule has 1 heterocycles. The summed E-state index contributed by atoms with van der Waals surface area (Å²) in [6.45, 7) is 1.16. The lowest BCUT2D eigenvalue weighted by Crippen LogP contribution is -2.49. The van der Waals surface area contributed by atoms with Crippen molar-refractivity contribution >= 4 is 21.9 Å². The Kier molecular flexibility index (Phi) is 7.69. The smallest absolute Gasteiger partial charge is 0.243 e. The second-order valence-corrected chi connectivity index (χ2v) is 9.42. The maximum atomic E-state index is 11.9. The van der Waals surface area contributed by atoms with E-state index < -0.39 is 10.0 Å². The third kappa shape index (κ3) is 6.42. The van der Waals surface area contributed by atoms with E-state index in [9.17, 15) is 13.2 Å². The average Bonchev–Trinajstić information content (AvgIpc) is 3.06. The predicted octanol–water partition coefficient (Wildman–Crippen LogP) is 0.367. The van der Waals surface area contributed by atoms with Gasteiger partial charge in [0.15, 0.2) is 5.96 Å².